The Morgan fingerprint density at radius 2 is 2.26 bits per heavy atom. The molecule has 7 heteroatoms. The summed E-state index contributed by atoms with van der Waals surface area (Å²) in [6.07, 6.45) is 7.01. The van der Waals surface area contributed by atoms with Crippen molar-refractivity contribution in [2.75, 3.05) is 32.8 Å². The van der Waals surface area contributed by atoms with E-state index in [0.29, 0.717) is 18.8 Å². The van der Waals surface area contributed by atoms with E-state index in [1.807, 2.05) is 30.2 Å². The summed E-state index contributed by atoms with van der Waals surface area (Å²) in [5.41, 5.74) is 1.05. The van der Waals surface area contributed by atoms with Crippen LogP contribution < -0.4 is 15.4 Å². The van der Waals surface area contributed by atoms with Gasteiger partial charge >= 0.3 is 0 Å². The number of aromatic nitrogens is 1. The van der Waals surface area contributed by atoms with Gasteiger partial charge in [-0.1, -0.05) is 6.07 Å². The molecule has 27 heavy (non-hydrogen) atoms. The van der Waals surface area contributed by atoms with Crippen LogP contribution >= 0.6 is 0 Å². The van der Waals surface area contributed by atoms with Gasteiger partial charge in [0, 0.05) is 44.9 Å². The van der Waals surface area contributed by atoms with Crippen molar-refractivity contribution in [3.63, 3.8) is 0 Å². The number of carbonyl (C=O) groups is 1. The molecular weight excluding hydrogens is 342 g/mol. The number of nitrogens with zero attached hydrogens (tertiary/aromatic N) is 3. The summed E-state index contributed by atoms with van der Waals surface area (Å²) < 4.78 is 5.66. The third-order valence-corrected chi connectivity index (χ3v) is 4.79. The molecule has 0 spiro atoms. The van der Waals surface area contributed by atoms with E-state index in [0.717, 1.165) is 63.1 Å². The highest BCUT2D eigenvalue weighted by atomic mass is 16.5. The highest BCUT2D eigenvalue weighted by molar-refractivity contribution is 5.79. The minimum Gasteiger partial charge on any atom is -0.477 e. The maximum atomic E-state index is 11.6. The van der Waals surface area contributed by atoms with Crippen LogP contribution in [-0.4, -0.2) is 54.5 Å². The highest BCUT2D eigenvalue weighted by Crippen LogP contribution is 2.29. The summed E-state index contributed by atoms with van der Waals surface area (Å²) in [6, 6.07) is 3.93. The number of ether oxygens (including phenoxy) is 1. The summed E-state index contributed by atoms with van der Waals surface area (Å²) >= 11 is 0. The number of aliphatic imine (C=N–C) groups is 1. The molecule has 0 bridgehead atoms. The number of nitrogens with one attached hydrogen (secondary N) is 2. The molecule has 1 aromatic rings. The molecule has 1 saturated heterocycles. The van der Waals surface area contributed by atoms with Gasteiger partial charge in [-0.3, -0.25) is 4.79 Å². The maximum Gasteiger partial charge on any atom is 0.222 e. The van der Waals surface area contributed by atoms with E-state index in [-0.39, 0.29) is 5.91 Å². The van der Waals surface area contributed by atoms with E-state index in [1.54, 1.807) is 0 Å². The molecule has 0 radical (unpaired) electrons. The first-order valence-electron chi connectivity index (χ1n) is 10.1. The standard InChI is InChI=1S/C20H31N5O2/c1-2-21-20(22-10-4-12-25-11-3-5-19(25)26)24-14-17-8-9-18(23-13-17)27-15-16-6-7-16/h8-9,13,16H,2-7,10-12,14-15H2,1H3,(H2,21,22,24). The van der Waals surface area contributed by atoms with Gasteiger partial charge in [0.1, 0.15) is 0 Å². The van der Waals surface area contributed by atoms with Crippen LogP contribution in [0.1, 0.15) is 44.6 Å². The average molecular weight is 374 g/mol. The molecule has 2 aliphatic rings. The second-order valence-corrected chi connectivity index (χ2v) is 7.22. The van der Waals surface area contributed by atoms with Crippen molar-refractivity contribution in [1.29, 1.82) is 0 Å². The third kappa shape index (κ3) is 6.73. The van der Waals surface area contributed by atoms with E-state index in [1.165, 1.54) is 12.8 Å². The number of guanidine groups is 1. The summed E-state index contributed by atoms with van der Waals surface area (Å²) in [5.74, 6) is 2.50. The molecule has 0 aromatic carbocycles. The van der Waals surface area contributed by atoms with Gasteiger partial charge < -0.3 is 20.3 Å². The molecule has 1 aliphatic carbocycles. The van der Waals surface area contributed by atoms with Crippen molar-refractivity contribution >= 4 is 11.9 Å². The molecule has 1 amide bonds. The van der Waals surface area contributed by atoms with Crippen LogP contribution in [0.4, 0.5) is 0 Å². The lowest BCUT2D eigenvalue weighted by Crippen LogP contribution is -2.39. The van der Waals surface area contributed by atoms with Crippen molar-refractivity contribution in [2.24, 2.45) is 10.9 Å². The van der Waals surface area contributed by atoms with E-state index in [4.69, 9.17) is 4.74 Å². The van der Waals surface area contributed by atoms with Crippen LogP contribution in [0, 0.1) is 5.92 Å². The van der Waals surface area contributed by atoms with Gasteiger partial charge in [-0.2, -0.15) is 0 Å². The Kier molecular flexibility index (Phi) is 7.30. The Morgan fingerprint density at radius 1 is 1.37 bits per heavy atom. The van der Waals surface area contributed by atoms with Crippen LogP contribution in [-0.2, 0) is 11.3 Å². The van der Waals surface area contributed by atoms with Crippen molar-refractivity contribution in [3.05, 3.63) is 23.9 Å². The normalized spacial score (nSPS) is 17.3. The number of pyridine rings is 1. The van der Waals surface area contributed by atoms with E-state index < -0.39 is 0 Å². The molecule has 1 saturated carbocycles. The van der Waals surface area contributed by atoms with Crippen LogP contribution in [0.3, 0.4) is 0 Å². The predicted octanol–water partition coefficient (Wildman–Crippen LogP) is 1.94. The van der Waals surface area contributed by atoms with Gasteiger partial charge in [0.05, 0.1) is 13.2 Å². The van der Waals surface area contributed by atoms with E-state index >= 15 is 0 Å². The van der Waals surface area contributed by atoms with Gasteiger partial charge in [-0.05, 0) is 44.1 Å². The summed E-state index contributed by atoms with van der Waals surface area (Å²) in [5, 5.41) is 6.59. The Balaban J connectivity index is 1.39. The fourth-order valence-corrected chi connectivity index (χ4v) is 3.01. The zero-order valence-corrected chi connectivity index (χ0v) is 16.2. The fourth-order valence-electron chi connectivity index (χ4n) is 3.01. The second kappa shape index (κ2) is 10.1. The molecule has 1 aromatic heterocycles. The van der Waals surface area contributed by atoms with Gasteiger partial charge in [0.2, 0.25) is 11.8 Å². The molecule has 1 aliphatic heterocycles. The summed E-state index contributed by atoms with van der Waals surface area (Å²) in [7, 11) is 0. The molecule has 2 fully saturated rings. The molecule has 0 atom stereocenters. The third-order valence-electron chi connectivity index (χ3n) is 4.79. The fraction of sp³-hybridized carbons (Fsp3) is 0.650. The first kappa shape index (κ1) is 19.5. The lowest BCUT2D eigenvalue weighted by Gasteiger charge is -2.16. The Labute approximate surface area is 161 Å². The Hall–Kier alpha value is -2.31. The molecule has 2 heterocycles. The number of amides is 1. The Morgan fingerprint density at radius 3 is 2.93 bits per heavy atom. The van der Waals surface area contributed by atoms with Crippen LogP contribution in [0.25, 0.3) is 0 Å². The largest absolute Gasteiger partial charge is 0.477 e. The SMILES string of the molecule is CCNC(=NCc1ccc(OCC2CC2)nc1)NCCCN1CCCC1=O. The molecule has 3 rings (SSSR count). The zero-order chi connectivity index (χ0) is 18.9. The van der Waals surface area contributed by atoms with Gasteiger partial charge in [-0.25, -0.2) is 9.98 Å². The average Bonchev–Trinajstić information content (AvgIpc) is 3.43. The topological polar surface area (TPSA) is 78.9 Å². The molecule has 7 nitrogen and oxygen atoms in total. The summed E-state index contributed by atoms with van der Waals surface area (Å²) in [4.78, 5) is 22.5. The first-order valence-corrected chi connectivity index (χ1v) is 10.1. The number of rotatable bonds is 10. The van der Waals surface area contributed by atoms with Crippen molar-refractivity contribution in [1.82, 2.24) is 20.5 Å². The zero-order valence-electron chi connectivity index (χ0n) is 16.2. The highest BCUT2D eigenvalue weighted by Gasteiger charge is 2.22. The van der Waals surface area contributed by atoms with E-state index in [2.05, 4.69) is 20.6 Å². The van der Waals surface area contributed by atoms with Crippen LogP contribution in [0.2, 0.25) is 0 Å². The van der Waals surface area contributed by atoms with Gasteiger partial charge in [0.15, 0.2) is 5.96 Å². The maximum absolute atomic E-state index is 11.6. The quantitative estimate of drug-likeness (QED) is 0.372. The molecule has 0 unspecified atom stereocenters. The molecule has 2 N–H and O–H groups in total. The second-order valence-electron chi connectivity index (χ2n) is 7.22. The van der Waals surface area contributed by atoms with Crippen molar-refractivity contribution in [3.8, 4) is 5.88 Å². The summed E-state index contributed by atoms with van der Waals surface area (Å²) in [6.45, 7) is 6.72. The minimum absolute atomic E-state index is 0.285. The van der Waals surface area contributed by atoms with E-state index in [9.17, 15) is 4.79 Å². The molecule has 148 valence electrons. The monoisotopic (exact) mass is 373 g/mol. The smallest absolute Gasteiger partial charge is 0.222 e. The minimum atomic E-state index is 0.285. The molecular formula is C20H31N5O2. The number of hydrogen-bond donors (Lipinski definition) is 2. The first-order chi connectivity index (χ1) is 13.2. The van der Waals surface area contributed by atoms with Crippen molar-refractivity contribution < 1.29 is 9.53 Å². The van der Waals surface area contributed by atoms with Gasteiger partial charge in [0.25, 0.3) is 0 Å². The van der Waals surface area contributed by atoms with Crippen LogP contribution in [0.15, 0.2) is 23.3 Å². The number of carbonyl (C=O) groups excluding carboxylic acids is 1. The predicted molar refractivity (Wildman–Crippen MR) is 106 cm³/mol. The Bertz CT molecular complexity index is 628. The number of likely N-dealkylation sites (tertiary alicyclic amines) is 1. The lowest BCUT2D eigenvalue weighted by atomic mass is 10.3. The number of hydrogen-bond acceptors (Lipinski definition) is 4. The van der Waals surface area contributed by atoms with Crippen LogP contribution in [0.5, 0.6) is 5.88 Å². The van der Waals surface area contributed by atoms with Crippen molar-refractivity contribution in [2.45, 2.75) is 45.6 Å². The van der Waals surface area contributed by atoms with Gasteiger partial charge in [-0.15, -0.1) is 0 Å². The lowest BCUT2D eigenvalue weighted by molar-refractivity contribution is -0.127.